The maximum absolute atomic E-state index is 12.2. The number of hydrogen-bond acceptors (Lipinski definition) is 3. The van der Waals surface area contributed by atoms with Gasteiger partial charge >= 0.3 is 6.03 Å². The van der Waals surface area contributed by atoms with Crippen molar-refractivity contribution >= 4 is 6.03 Å². The van der Waals surface area contributed by atoms with Crippen molar-refractivity contribution in [3.05, 3.63) is 0 Å². The van der Waals surface area contributed by atoms with E-state index >= 15 is 0 Å². The van der Waals surface area contributed by atoms with Crippen molar-refractivity contribution < 1.29 is 9.53 Å². The number of carbonyl (C=O) groups excluding carboxylic acids is 1. The summed E-state index contributed by atoms with van der Waals surface area (Å²) in [6.07, 6.45) is 7.23. The second-order valence-electron chi connectivity index (χ2n) is 5.62. The predicted octanol–water partition coefficient (Wildman–Crippen LogP) is 1.34. The van der Waals surface area contributed by atoms with E-state index in [1.807, 2.05) is 11.9 Å². The van der Waals surface area contributed by atoms with Gasteiger partial charge in [-0.05, 0) is 32.9 Å². The van der Waals surface area contributed by atoms with E-state index in [1.165, 1.54) is 19.3 Å². The lowest BCUT2D eigenvalue weighted by Gasteiger charge is -2.34. The largest absolute Gasteiger partial charge is 0.374 e. The first-order chi connectivity index (χ1) is 9.29. The van der Waals surface area contributed by atoms with Gasteiger partial charge in [-0.3, -0.25) is 0 Å². The van der Waals surface area contributed by atoms with Gasteiger partial charge in [0.15, 0.2) is 0 Å². The first-order valence-corrected chi connectivity index (χ1v) is 7.61. The van der Waals surface area contributed by atoms with Gasteiger partial charge < -0.3 is 20.3 Å². The van der Waals surface area contributed by atoms with Crippen LogP contribution < -0.4 is 10.6 Å². The summed E-state index contributed by atoms with van der Waals surface area (Å²) in [6.45, 7) is 3.03. The van der Waals surface area contributed by atoms with Crippen LogP contribution in [0.2, 0.25) is 0 Å². The smallest absolute Gasteiger partial charge is 0.317 e. The number of nitrogens with one attached hydrogen (secondary N) is 2. The van der Waals surface area contributed by atoms with Gasteiger partial charge in [0.05, 0.1) is 12.7 Å². The molecule has 1 unspecified atom stereocenters. The van der Waals surface area contributed by atoms with Gasteiger partial charge in [0.2, 0.25) is 0 Å². The van der Waals surface area contributed by atoms with Crippen LogP contribution in [-0.2, 0) is 4.74 Å². The number of nitrogens with zero attached hydrogens (tertiary/aromatic N) is 1. The summed E-state index contributed by atoms with van der Waals surface area (Å²) in [5, 5.41) is 6.31. The van der Waals surface area contributed by atoms with E-state index in [2.05, 4.69) is 10.6 Å². The molecule has 5 heteroatoms. The zero-order valence-corrected chi connectivity index (χ0v) is 12.0. The molecular formula is C14H27N3O2. The van der Waals surface area contributed by atoms with E-state index in [4.69, 9.17) is 4.74 Å². The van der Waals surface area contributed by atoms with Crippen molar-refractivity contribution in [3.8, 4) is 0 Å². The highest BCUT2D eigenvalue weighted by molar-refractivity contribution is 5.74. The third-order valence-electron chi connectivity index (χ3n) is 4.08. The van der Waals surface area contributed by atoms with Crippen LogP contribution in [0.1, 0.15) is 38.5 Å². The Bertz CT molecular complexity index is 280. The summed E-state index contributed by atoms with van der Waals surface area (Å²) >= 11 is 0. The minimum atomic E-state index is 0.102. The van der Waals surface area contributed by atoms with Crippen LogP contribution in [0.15, 0.2) is 0 Å². The maximum Gasteiger partial charge on any atom is 0.317 e. The molecule has 0 bridgehead atoms. The van der Waals surface area contributed by atoms with Gasteiger partial charge in [-0.1, -0.05) is 19.3 Å². The third kappa shape index (κ3) is 4.66. The van der Waals surface area contributed by atoms with Crippen LogP contribution in [0, 0.1) is 0 Å². The number of ether oxygens (including phenoxy) is 1. The van der Waals surface area contributed by atoms with Gasteiger partial charge in [0.1, 0.15) is 0 Å². The van der Waals surface area contributed by atoms with Crippen molar-refractivity contribution in [3.63, 3.8) is 0 Å². The highest BCUT2D eigenvalue weighted by atomic mass is 16.5. The fourth-order valence-corrected chi connectivity index (χ4v) is 2.90. The second kappa shape index (κ2) is 7.70. The molecular weight excluding hydrogens is 242 g/mol. The van der Waals surface area contributed by atoms with Crippen LogP contribution in [0.3, 0.4) is 0 Å². The van der Waals surface area contributed by atoms with Gasteiger partial charge in [-0.25, -0.2) is 4.79 Å². The minimum absolute atomic E-state index is 0.102. The van der Waals surface area contributed by atoms with Crippen LogP contribution in [0.25, 0.3) is 0 Å². The Morgan fingerprint density at radius 2 is 2.11 bits per heavy atom. The van der Waals surface area contributed by atoms with Crippen LogP contribution >= 0.6 is 0 Å². The maximum atomic E-state index is 12.2. The van der Waals surface area contributed by atoms with E-state index in [9.17, 15) is 4.79 Å². The van der Waals surface area contributed by atoms with Crippen LogP contribution in [0.5, 0.6) is 0 Å². The summed E-state index contributed by atoms with van der Waals surface area (Å²) in [7, 11) is 1.94. The van der Waals surface area contributed by atoms with Crippen molar-refractivity contribution in [2.75, 3.05) is 33.3 Å². The summed E-state index contributed by atoms with van der Waals surface area (Å²) in [5.41, 5.74) is 0. The SMILES string of the molecule is CNCCC1CN(C(=O)NC2CCCCC2)CCO1. The third-order valence-corrected chi connectivity index (χ3v) is 4.08. The van der Waals surface area contributed by atoms with Crippen molar-refractivity contribution in [2.45, 2.75) is 50.7 Å². The Labute approximate surface area is 116 Å². The molecule has 1 heterocycles. The molecule has 0 aromatic carbocycles. The number of rotatable bonds is 4. The van der Waals surface area contributed by atoms with Crippen molar-refractivity contribution in [1.82, 2.24) is 15.5 Å². The lowest BCUT2D eigenvalue weighted by Crippen LogP contribution is -2.52. The highest BCUT2D eigenvalue weighted by Gasteiger charge is 2.25. The number of hydrogen-bond donors (Lipinski definition) is 2. The Balaban J connectivity index is 1.74. The number of amides is 2. The van der Waals surface area contributed by atoms with Gasteiger partial charge in [-0.15, -0.1) is 0 Å². The molecule has 2 N–H and O–H groups in total. The standard InChI is InChI=1S/C14H27N3O2/c1-15-8-7-13-11-17(9-10-19-13)14(18)16-12-5-3-2-4-6-12/h12-13,15H,2-11H2,1H3,(H,16,18). The monoisotopic (exact) mass is 269 g/mol. The molecule has 0 radical (unpaired) electrons. The molecule has 1 saturated heterocycles. The number of morpholine rings is 1. The first-order valence-electron chi connectivity index (χ1n) is 7.61. The molecule has 110 valence electrons. The molecule has 2 fully saturated rings. The average Bonchev–Trinajstić information content (AvgIpc) is 2.46. The zero-order chi connectivity index (χ0) is 13.5. The first kappa shape index (κ1) is 14.6. The molecule has 1 aliphatic heterocycles. The van der Waals surface area contributed by atoms with Crippen molar-refractivity contribution in [1.29, 1.82) is 0 Å². The lowest BCUT2D eigenvalue weighted by atomic mass is 9.96. The summed E-state index contributed by atoms with van der Waals surface area (Å²) in [4.78, 5) is 14.1. The van der Waals surface area contributed by atoms with E-state index < -0.39 is 0 Å². The van der Waals surface area contributed by atoms with Crippen LogP contribution in [0.4, 0.5) is 4.79 Å². The molecule has 1 saturated carbocycles. The second-order valence-corrected chi connectivity index (χ2v) is 5.62. The zero-order valence-electron chi connectivity index (χ0n) is 12.0. The van der Waals surface area contributed by atoms with E-state index in [-0.39, 0.29) is 12.1 Å². The molecule has 2 amide bonds. The molecule has 0 aromatic rings. The summed E-state index contributed by atoms with van der Waals surface area (Å²) in [6, 6.07) is 0.490. The van der Waals surface area contributed by atoms with Gasteiger partial charge in [0.25, 0.3) is 0 Å². The summed E-state index contributed by atoms with van der Waals surface area (Å²) < 4.78 is 5.69. The molecule has 0 aromatic heterocycles. The Morgan fingerprint density at radius 1 is 1.32 bits per heavy atom. The molecule has 5 nitrogen and oxygen atoms in total. The molecule has 1 atom stereocenters. The molecule has 2 aliphatic rings. The highest BCUT2D eigenvalue weighted by Crippen LogP contribution is 2.18. The fraction of sp³-hybridized carbons (Fsp3) is 0.929. The molecule has 19 heavy (non-hydrogen) atoms. The van der Waals surface area contributed by atoms with Gasteiger partial charge in [-0.2, -0.15) is 0 Å². The van der Waals surface area contributed by atoms with Gasteiger partial charge in [0, 0.05) is 19.1 Å². The number of carbonyl (C=O) groups is 1. The topological polar surface area (TPSA) is 53.6 Å². The Kier molecular flexibility index (Phi) is 5.92. The Morgan fingerprint density at radius 3 is 2.84 bits per heavy atom. The molecule has 1 aliphatic carbocycles. The average molecular weight is 269 g/mol. The predicted molar refractivity (Wildman–Crippen MR) is 75.3 cm³/mol. The van der Waals surface area contributed by atoms with E-state index in [1.54, 1.807) is 0 Å². The lowest BCUT2D eigenvalue weighted by molar-refractivity contribution is -0.0177. The molecule has 2 rings (SSSR count). The number of urea groups is 1. The molecule has 0 spiro atoms. The normalized spacial score (nSPS) is 25.3. The van der Waals surface area contributed by atoms with E-state index in [0.717, 1.165) is 32.4 Å². The quantitative estimate of drug-likeness (QED) is 0.810. The van der Waals surface area contributed by atoms with Crippen LogP contribution in [-0.4, -0.2) is 56.4 Å². The Hall–Kier alpha value is -0.810. The fourth-order valence-electron chi connectivity index (χ4n) is 2.90. The summed E-state index contributed by atoms with van der Waals surface area (Å²) in [5.74, 6) is 0. The van der Waals surface area contributed by atoms with Crippen molar-refractivity contribution in [2.24, 2.45) is 0 Å². The minimum Gasteiger partial charge on any atom is -0.374 e. The van der Waals surface area contributed by atoms with E-state index in [0.29, 0.717) is 19.2 Å².